The Bertz CT molecular complexity index is 980. The van der Waals surface area contributed by atoms with E-state index in [2.05, 4.69) is 10.6 Å². The highest BCUT2D eigenvalue weighted by Crippen LogP contribution is 2.44. The lowest BCUT2D eigenvalue weighted by molar-refractivity contribution is -0.138. The van der Waals surface area contributed by atoms with Crippen LogP contribution in [0.1, 0.15) is 70.8 Å². The van der Waals surface area contributed by atoms with Gasteiger partial charge in [-0.25, -0.2) is 12.8 Å². The van der Waals surface area contributed by atoms with Crippen molar-refractivity contribution in [3.63, 3.8) is 0 Å². The third kappa shape index (κ3) is 5.37. The number of rotatable bonds is 7. The van der Waals surface area contributed by atoms with Crippen LogP contribution in [0.15, 0.2) is 23.1 Å². The van der Waals surface area contributed by atoms with Crippen molar-refractivity contribution in [3.05, 3.63) is 29.6 Å². The number of sulfone groups is 1. The van der Waals surface area contributed by atoms with E-state index < -0.39 is 37.0 Å². The molecule has 5 nitrogen and oxygen atoms in total. The normalized spacial score (nSPS) is 23.6. The lowest BCUT2D eigenvalue weighted by atomic mass is 9.72. The van der Waals surface area contributed by atoms with Gasteiger partial charge in [-0.1, -0.05) is 19.3 Å². The molecule has 2 aliphatic carbocycles. The topological polar surface area (TPSA) is 75.3 Å². The molecule has 0 bridgehead atoms. The maximum absolute atomic E-state index is 13.8. The Morgan fingerprint density at radius 3 is 2.24 bits per heavy atom. The second-order valence-corrected chi connectivity index (χ2v) is 12.5. The highest BCUT2D eigenvalue weighted by atomic mass is 32.2. The predicted octanol–water partition coefficient (Wildman–Crippen LogP) is 4.60. The van der Waals surface area contributed by atoms with Crippen LogP contribution in [0.5, 0.6) is 0 Å². The molecule has 186 valence electrons. The summed E-state index contributed by atoms with van der Waals surface area (Å²) in [4.78, 5) is 11.9. The SMILES string of the molecule is CNC1(CC(=O)N[C@H]2C[C@H](C(C)(C)S(=O)(=O)c3cc(F)cc(C(F)(F)F)c3)C2)CCCCC1. The van der Waals surface area contributed by atoms with Gasteiger partial charge in [0.25, 0.3) is 0 Å². The van der Waals surface area contributed by atoms with E-state index in [1.807, 2.05) is 7.05 Å². The van der Waals surface area contributed by atoms with Crippen molar-refractivity contribution in [1.82, 2.24) is 10.6 Å². The highest BCUT2D eigenvalue weighted by molar-refractivity contribution is 7.92. The summed E-state index contributed by atoms with van der Waals surface area (Å²) in [6.07, 6.45) is 1.46. The minimum absolute atomic E-state index is 0.0877. The van der Waals surface area contributed by atoms with Gasteiger partial charge in [-0.15, -0.1) is 0 Å². The molecule has 2 saturated carbocycles. The zero-order valence-electron chi connectivity index (χ0n) is 19.2. The zero-order chi connectivity index (χ0) is 24.7. The van der Waals surface area contributed by atoms with Crippen molar-refractivity contribution in [2.75, 3.05) is 7.05 Å². The Morgan fingerprint density at radius 1 is 1.09 bits per heavy atom. The average molecular weight is 493 g/mol. The van der Waals surface area contributed by atoms with Crippen molar-refractivity contribution < 1.29 is 30.8 Å². The fourth-order valence-electron chi connectivity index (χ4n) is 5.04. The number of carbonyl (C=O) groups excluding carboxylic acids is 1. The molecule has 0 radical (unpaired) electrons. The fourth-order valence-corrected chi connectivity index (χ4v) is 6.83. The lowest BCUT2D eigenvalue weighted by Crippen LogP contribution is -2.55. The van der Waals surface area contributed by atoms with Crippen LogP contribution in [0.2, 0.25) is 0 Å². The second-order valence-electron chi connectivity index (χ2n) is 9.98. The molecule has 2 fully saturated rings. The van der Waals surface area contributed by atoms with Gasteiger partial charge in [0.15, 0.2) is 9.84 Å². The quantitative estimate of drug-likeness (QED) is 0.546. The van der Waals surface area contributed by atoms with Gasteiger partial charge in [0.2, 0.25) is 5.91 Å². The number of hydrogen-bond donors (Lipinski definition) is 2. The summed E-state index contributed by atoms with van der Waals surface area (Å²) in [5, 5.41) is 6.27. The molecular weight excluding hydrogens is 460 g/mol. The maximum atomic E-state index is 13.8. The molecule has 0 spiro atoms. The van der Waals surface area contributed by atoms with Gasteiger partial charge in [-0.05, 0) is 70.7 Å². The Kier molecular flexibility index (Phi) is 7.20. The van der Waals surface area contributed by atoms with Gasteiger partial charge in [0.05, 0.1) is 15.2 Å². The lowest BCUT2D eigenvalue weighted by Gasteiger charge is -2.45. The van der Waals surface area contributed by atoms with Crippen molar-refractivity contribution in [2.45, 2.75) is 92.6 Å². The van der Waals surface area contributed by atoms with Crippen LogP contribution in [-0.2, 0) is 20.8 Å². The van der Waals surface area contributed by atoms with Gasteiger partial charge in [0, 0.05) is 18.0 Å². The third-order valence-electron chi connectivity index (χ3n) is 7.53. The van der Waals surface area contributed by atoms with Gasteiger partial charge in [-0.3, -0.25) is 4.79 Å². The summed E-state index contributed by atoms with van der Waals surface area (Å²) in [5.41, 5.74) is -1.54. The van der Waals surface area contributed by atoms with Gasteiger partial charge >= 0.3 is 6.18 Å². The summed E-state index contributed by atoms with van der Waals surface area (Å²) in [7, 11) is -2.39. The van der Waals surface area contributed by atoms with Gasteiger partial charge in [-0.2, -0.15) is 13.2 Å². The Balaban J connectivity index is 1.65. The number of amides is 1. The van der Waals surface area contributed by atoms with Crippen LogP contribution in [0.4, 0.5) is 17.6 Å². The molecule has 0 atom stereocenters. The summed E-state index contributed by atoms with van der Waals surface area (Å²) in [6, 6.07) is 1.21. The molecule has 33 heavy (non-hydrogen) atoms. The number of halogens is 4. The predicted molar refractivity (Wildman–Crippen MR) is 117 cm³/mol. The standard InChI is InChI=1S/C23H32F4N2O3S/c1-21(2,33(31,32)19-12-16(23(25,26)27)9-17(24)13-19)15-10-18(11-15)29-20(30)14-22(28-3)7-5-4-6-8-22/h9,12-13,15,18,28H,4-8,10-11,14H2,1-3H3,(H,29,30)/t15-,18-. The van der Waals surface area contributed by atoms with Crippen molar-refractivity contribution in [1.29, 1.82) is 0 Å². The molecule has 1 aromatic carbocycles. The third-order valence-corrected chi connectivity index (χ3v) is 10.1. The van der Waals surface area contributed by atoms with Crippen LogP contribution in [0.3, 0.4) is 0 Å². The summed E-state index contributed by atoms with van der Waals surface area (Å²) in [6.45, 7) is 2.89. The number of benzene rings is 1. The first-order valence-corrected chi connectivity index (χ1v) is 12.8. The molecule has 1 amide bonds. The molecule has 0 saturated heterocycles. The van der Waals surface area contributed by atoms with Crippen LogP contribution in [-0.4, -0.2) is 37.7 Å². The van der Waals surface area contributed by atoms with Crippen LogP contribution >= 0.6 is 0 Å². The minimum atomic E-state index is -4.86. The Hall–Kier alpha value is -1.68. The molecule has 2 N–H and O–H groups in total. The first-order valence-electron chi connectivity index (χ1n) is 11.3. The summed E-state index contributed by atoms with van der Waals surface area (Å²) >= 11 is 0. The van der Waals surface area contributed by atoms with E-state index in [1.165, 1.54) is 13.8 Å². The minimum Gasteiger partial charge on any atom is -0.353 e. The van der Waals surface area contributed by atoms with Gasteiger partial charge < -0.3 is 10.6 Å². The van der Waals surface area contributed by atoms with E-state index in [9.17, 15) is 30.8 Å². The number of nitrogens with one attached hydrogen (secondary N) is 2. The largest absolute Gasteiger partial charge is 0.416 e. The van der Waals surface area contributed by atoms with E-state index in [-0.39, 0.29) is 29.5 Å². The maximum Gasteiger partial charge on any atom is 0.416 e. The highest BCUT2D eigenvalue weighted by Gasteiger charge is 2.49. The monoisotopic (exact) mass is 492 g/mol. The summed E-state index contributed by atoms with van der Waals surface area (Å²) in [5.74, 6) is -1.72. The van der Waals surface area contributed by atoms with Crippen molar-refractivity contribution >= 4 is 15.7 Å². The van der Waals surface area contributed by atoms with Crippen molar-refractivity contribution in [2.24, 2.45) is 5.92 Å². The molecule has 10 heteroatoms. The Labute approximate surface area is 192 Å². The van der Waals surface area contributed by atoms with Crippen LogP contribution in [0, 0.1) is 11.7 Å². The molecule has 1 aromatic rings. The van der Waals surface area contributed by atoms with Crippen molar-refractivity contribution in [3.8, 4) is 0 Å². The van der Waals surface area contributed by atoms with Crippen LogP contribution < -0.4 is 10.6 Å². The first kappa shape index (κ1) is 25.9. The van der Waals surface area contributed by atoms with E-state index in [0.29, 0.717) is 31.4 Å². The van der Waals surface area contributed by atoms with E-state index >= 15 is 0 Å². The van der Waals surface area contributed by atoms with E-state index in [4.69, 9.17) is 0 Å². The molecule has 0 aromatic heterocycles. The molecular formula is C23H32F4N2O3S. The van der Waals surface area contributed by atoms with Crippen LogP contribution in [0.25, 0.3) is 0 Å². The smallest absolute Gasteiger partial charge is 0.353 e. The molecule has 2 aliphatic rings. The van der Waals surface area contributed by atoms with E-state index in [1.54, 1.807) is 0 Å². The molecule has 0 aliphatic heterocycles. The molecule has 0 unspecified atom stereocenters. The zero-order valence-corrected chi connectivity index (χ0v) is 20.0. The van der Waals surface area contributed by atoms with Gasteiger partial charge in [0.1, 0.15) is 5.82 Å². The second kappa shape index (κ2) is 9.17. The molecule has 0 heterocycles. The number of hydrogen-bond acceptors (Lipinski definition) is 4. The molecule has 3 rings (SSSR count). The fraction of sp³-hybridized carbons (Fsp3) is 0.696. The first-order chi connectivity index (χ1) is 15.2. The Morgan fingerprint density at radius 2 is 1.70 bits per heavy atom. The average Bonchev–Trinajstić information content (AvgIpc) is 2.69. The number of carbonyl (C=O) groups is 1. The number of alkyl halides is 3. The summed E-state index contributed by atoms with van der Waals surface area (Å²) < 4.78 is 77.9. The van der Waals surface area contributed by atoms with E-state index in [0.717, 1.165) is 32.1 Å².